The highest BCUT2D eigenvalue weighted by atomic mass is 16.4. The molecule has 2 unspecified atom stereocenters. The fourth-order valence-electron chi connectivity index (χ4n) is 2.56. The first kappa shape index (κ1) is 14.8. The lowest BCUT2D eigenvalue weighted by Crippen LogP contribution is -2.23. The van der Waals surface area contributed by atoms with Crippen molar-refractivity contribution in [1.82, 2.24) is 4.90 Å². The molecule has 4 heteroatoms. The van der Waals surface area contributed by atoms with Gasteiger partial charge in [0, 0.05) is 19.2 Å². The molecule has 0 aromatic heterocycles. The number of hydrogen-bond donors (Lipinski definition) is 2. The molecule has 1 saturated heterocycles. The van der Waals surface area contributed by atoms with E-state index >= 15 is 0 Å². The van der Waals surface area contributed by atoms with Crippen LogP contribution in [0.1, 0.15) is 24.5 Å². The summed E-state index contributed by atoms with van der Waals surface area (Å²) in [4.78, 5) is 12.8. The molecule has 1 aromatic rings. The highest BCUT2D eigenvalue weighted by Gasteiger charge is 2.25. The highest BCUT2D eigenvalue weighted by Crippen LogP contribution is 2.21. The lowest BCUT2D eigenvalue weighted by Gasteiger charge is -2.17. The van der Waals surface area contributed by atoms with Crippen LogP contribution in [0.2, 0.25) is 0 Å². The van der Waals surface area contributed by atoms with E-state index in [0.29, 0.717) is 5.92 Å². The van der Waals surface area contributed by atoms with Crippen LogP contribution >= 0.6 is 0 Å². The molecule has 0 aliphatic carbocycles. The van der Waals surface area contributed by atoms with Gasteiger partial charge in [0.1, 0.15) is 0 Å². The molecule has 0 saturated carbocycles. The topological polar surface area (TPSA) is 60.8 Å². The highest BCUT2D eigenvalue weighted by molar-refractivity contribution is 5.85. The average molecular weight is 275 g/mol. The summed E-state index contributed by atoms with van der Waals surface area (Å²) in [6.45, 7) is 4.71. The summed E-state index contributed by atoms with van der Waals surface area (Å²) in [7, 11) is 0. The number of aliphatic carboxylic acids is 1. The molecular formula is C16H21NO3. The monoisotopic (exact) mass is 275 g/mol. The third-order valence-electron chi connectivity index (χ3n) is 3.80. The van der Waals surface area contributed by atoms with Crippen molar-refractivity contribution >= 4 is 12.0 Å². The molecule has 0 amide bonds. The van der Waals surface area contributed by atoms with Crippen LogP contribution in [-0.2, 0) is 11.3 Å². The largest absolute Gasteiger partial charge is 0.478 e. The summed E-state index contributed by atoms with van der Waals surface area (Å²) in [5.74, 6) is -0.553. The Morgan fingerprint density at radius 1 is 1.45 bits per heavy atom. The molecule has 1 aliphatic rings. The Kier molecular flexibility index (Phi) is 4.93. The lowest BCUT2D eigenvalue weighted by molar-refractivity contribution is -0.131. The molecular weight excluding hydrogens is 254 g/mol. The van der Waals surface area contributed by atoms with Gasteiger partial charge in [-0.15, -0.1) is 0 Å². The fourth-order valence-corrected chi connectivity index (χ4v) is 2.56. The number of nitrogens with zero attached hydrogens (tertiary/aromatic N) is 1. The first-order chi connectivity index (χ1) is 9.54. The van der Waals surface area contributed by atoms with Crippen LogP contribution in [0.3, 0.4) is 0 Å². The lowest BCUT2D eigenvalue weighted by atomic mass is 10.0. The fraction of sp³-hybridized carbons (Fsp3) is 0.438. The third-order valence-corrected chi connectivity index (χ3v) is 3.80. The molecule has 0 spiro atoms. The van der Waals surface area contributed by atoms with E-state index in [-0.39, 0.29) is 6.10 Å². The maximum Gasteiger partial charge on any atom is 0.328 e. The van der Waals surface area contributed by atoms with Crippen molar-refractivity contribution in [2.24, 2.45) is 5.92 Å². The van der Waals surface area contributed by atoms with Crippen molar-refractivity contribution in [1.29, 1.82) is 0 Å². The van der Waals surface area contributed by atoms with Crippen LogP contribution in [0.25, 0.3) is 6.08 Å². The minimum atomic E-state index is -0.935. The summed E-state index contributed by atoms with van der Waals surface area (Å²) in [6, 6.07) is 7.91. The maximum atomic E-state index is 10.4. The predicted molar refractivity (Wildman–Crippen MR) is 78.2 cm³/mol. The number of aliphatic hydroxyl groups is 1. The van der Waals surface area contributed by atoms with Gasteiger partial charge in [-0.3, -0.25) is 4.90 Å². The molecule has 2 rings (SSSR count). The molecule has 1 fully saturated rings. The zero-order chi connectivity index (χ0) is 14.5. The van der Waals surface area contributed by atoms with Gasteiger partial charge in [0.15, 0.2) is 0 Å². The van der Waals surface area contributed by atoms with E-state index < -0.39 is 5.97 Å². The number of carboxylic acids is 1. The zero-order valence-electron chi connectivity index (χ0n) is 11.7. The molecule has 1 aliphatic heterocycles. The van der Waals surface area contributed by atoms with E-state index in [4.69, 9.17) is 5.11 Å². The molecule has 2 N–H and O–H groups in total. The Morgan fingerprint density at radius 2 is 2.15 bits per heavy atom. The van der Waals surface area contributed by atoms with Crippen molar-refractivity contribution in [3.8, 4) is 0 Å². The van der Waals surface area contributed by atoms with E-state index in [9.17, 15) is 9.90 Å². The summed E-state index contributed by atoms with van der Waals surface area (Å²) >= 11 is 0. The second kappa shape index (κ2) is 6.68. The van der Waals surface area contributed by atoms with Crippen molar-refractivity contribution < 1.29 is 15.0 Å². The molecule has 0 bridgehead atoms. The second-order valence-corrected chi connectivity index (χ2v) is 5.44. The van der Waals surface area contributed by atoms with Gasteiger partial charge in [-0.1, -0.05) is 24.3 Å². The van der Waals surface area contributed by atoms with Crippen LogP contribution in [0.4, 0.5) is 0 Å². The molecule has 20 heavy (non-hydrogen) atoms. The molecule has 108 valence electrons. The summed E-state index contributed by atoms with van der Waals surface area (Å²) < 4.78 is 0. The summed E-state index contributed by atoms with van der Waals surface area (Å²) in [5, 5.41) is 18.2. The number of hydrogen-bond acceptors (Lipinski definition) is 3. The SMILES string of the molecule is CC(O)C1CCN(Cc2ccc(/C=C/C(=O)O)cc2)C1. The number of likely N-dealkylation sites (tertiary alicyclic amines) is 1. The van der Waals surface area contributed by atoms with Crippen molar-refractivity contribution in [3.63, 3.8) is 0 Å². The van der Waals surface area contributed by atoms with Crippen LogP contribution in [0.5, 0.6) is 0 Å². The van der Waals surface area contributed by atoms with Crippen molar-refractivity contribution in [2.75, 3.05) is 13.1 Å². The number of carboxylic acid groups (broad SMARTS) is 1. The molecule has 1 heterocycles. The number of carbonyl (C=O) groups is 1. The summed E-state index contributed by atoms with van der Waals surface area (Å²) in [5.41, 5.74) is 2.10. The van der Waals surface area contributed by atoms with E-state index in [1.54, 1.807) is 6.08 Å². The average Bonchev–Trinajstić information content (AvgIpc) is 2.86. The van der Waals surface area contributed by atoms with Gasteiger partial charge in [0.05, 0.1) is 6.10 Å². The Morgan fingerprint density at radius 3 is 2.70 bits per heavy atom. The third kappa shape index (κ3) is 4.18. The van der Waals surface area contributed by atoms with Crippen molar-refractivity contribution in [2.45, 2.75) is 26.0 Å². The summed E-state index contributed by atoms with van der Waals surface area (Å²) in [6.07, 6.45) is 3.55. The molecule has 0 radical (unpaired) electrons. The molecule has 1 aromatic carbocycles. The van der Waals surface area contributed by atoms with Crippen LogP contribution < -0.4 is 0 Å². The van der Waals surface area contributed by atoms with Gasteiger partial charge in [-0.05, 0) is 43.0 Å². The minimum absolute atomic E-state index is 0.233. The first-order valence-corrected chi connectivity index (χ1v) is 6.95. The van der Waals surface area contributed by atoms with Gasteiger partial charge in [-0.2, -0.15) is 0 Å². The first-order valence-electron chi connectivity index (χ1n) is 6.95. The normalized spacial score (nSPS) is 21.4. The minimum Gasteiger partial charge on any atom is -0.478 e. The molecule has 2 atom stereocenters. The zero-order valence-corrected chi connectivity index (χ0v) is 11.7. The van der Waals surface area contributed by atoms with Crippen LogP contribution in [0.15, 0.2) is 30.3 Å². The Labute approximate surface area is 119 Å². The predicted octanol–water partition coefficient (Wildman–Crippen LogP) is 1.99. The van der Waals surface area contributed by atoms with Gasteiger partial charge in [0.2, 0.25) is 0 Å². The quantitative estimate of drug-likeness (QED) is 0.807. The van der Waals surface area contributed by atoms with Gasteiger partial charge < -0.3 is 10.2 Å². The smallest absolute Gasteiger partial charge is 0.328 e. The van der Waals surface area contributed by atoms with Gasteiger partial charge in [-0.25, -0.2) is 4.79 Å². The Bertz CT molecular complexity index is 479. The van der Waals surface area contributed by atoms with Gasteiger partial charge >= 0.3 is 5.97 Å². The van der Waals surface area contributed by atoms with Crippen LogP contribution in [0, 0.1) is 5.92 Å². The standard InChI is InChI=1S/C16H21NO3/c1-12(18)15-8-9-17(11-15)10-14-4-2-13(3-5-14)6-7-16(19)20/h2-7,12,15,18H,8-11H2,1H3,(H,19,20)/b7-6+. The number of benzene rings is 1. The van der Waals surface area contributed by atoms with E-state index in [2.05, 4.69) is 4.90 Å². The van der Waals surface area contributed by atoms with E-state index in [1.807, 2.05) is 31.2 Å². The Hall–Kier alpha value is -1.65. The van der Waals surface area contributed by atoms with E-state index in [1.165, 1.54) is 5.56 Å². The number of aliphatic hydroxyl groups excluding tert-OH is 1. The molecule has 4 nitrogen and oxygen atoms in total. The second-order valence-electron chi connectivity index (χ2n) is 5.44. The maximum absolute atomic E-state index is 10.4. The number of rotatable bonds is 5. The van der Waals surface area contributed by atoms with Crippen LogP contribution in [-0.4, -0.2) is 40.3 Å². The van der Waals surface area contributed by atoms with Crippen molar-refractivity contribution in [3.05, 3.63) is 41.5 Å². The van der Waals surface area contributed by atoms with Gasteiger partial charge in [0.25, 0.3) is 0 Å². The van der Waals surface area contributed by atoms with E-state index in [0.717, 1.165) is 37.7 Å². The Balaban J connectivity index is 1.90.